The van der Waals surface area contributed by atoms with Gasteiger partial charge in [0.2, 0.25) is 0 Å². The minimum absolute atomic E-state index is 0.116. The number of benzene rings is 2. The van der Waals surface area contributed by atoms with Gasteiger partial charge in [0.05, 0.1) is 0 Å². The van der Waals surface area contributed by atoms with Gasteiger partial charge in [-0.3, -0.25) is 4.55 Å². The van der Waals surface area contributed by atoms with Crippen LogP contribution in [0.25, 0.3) is 10.8 Å². The first-order valence-electron chi connectivity index (χ1n) is 9.55. The molecule has 0 aromatic heterocycles. The summed E-state index contributed by atoms with van der Waals surface area (Å²) in [5, 5.41) is 1.60. The fraction of sp³-hybridized carbons (Fsp3) is 0.545. The van der Waals surface area contributed by atoms with E-state index in [1.807, 2.05) is 24.3 Å². The first kappa shape index (κ1) is 20.9. The Morgan fingerprint density at radius 3 is 1.62 bits per heavy atom. The topological polar surface area (TPSA) is 54.4 Å². The molecular weight excluding hydrogens is 344 g/mol. The predicted octanol–water partition coefficient (Wildman–Crippen LogP) is 5.68. The monoisotopic (exact) mass is 376 g/mol. The number of hydrogen-bond donors (Lipinski definition) is 1. The lowest BCUT2D eigenvalue weighted by Crippen LogP contribution is -2.15. The largest absolute Gasteiger partial charge is 0.295 e. The van der Waals surface area contributed by atoms with E-state index in [1.54, 1.807) is 0 Å². The van der Waals surface area contributed by atoms with Gasteiger partial charge in [0.25, 0.3) is 10.1 Å². The molecule has 0 amide bonds. The summed E-state index contributed by atoms with van der Waals surface area (Å²) in [7, 11) is -4.31. The average Bonchev–Trinajstić information content (AvgIpc) is 2.48. The summed E-state index contributed by atoms with van der Waals surface area (Å²) >= 11 is 0. The highest BCUT2D eigenvalue weighted by Gasteiger charge is 2.26. The van der Waals surface area contributed by atoms with Crippen molar-refractivity contribution in [1.82, 2.24) is 0 Å². The molecule has 0 aliphatic heterocycles. The zero-order valence-corrected chi connectivity index (χ0v) is 17.7. The molecule has 4 heteroatoms. The maximum Gasteiger partial charge on any atom is 0.295 e. The van der Waals surface area contributed by atoms with Crippen LogP contribution in [0.1, 0.15) is 58.2 Å². The Balaban J connectivity index is 3.03. The van der Waals surface area contributed by atoms with E-state index in [1.165, 1.54) is 5.56 Å². The van der Waals surface area contributed by atoms with Crippen molar-refractivity contribution in [3.8, 4) is 0 Å². The minimum atomic E-state index is -4.31. The summed E-state index contributed by atoms with van der Waals surface area (Å²) in [6.45, 7) is 12.9. The van der Waals surface area contributed by atoms with Gasteiger partial charge >= 0.3 is 0 Å². The van der Waals surface area contributed by atoms with Gasteiger partial charge < -0.3 is 0 Å². The highest BCUT2D eigenvalue weighted by molar-refractivity contribution is 7.86. The summed E-state index contributed by atoms with van der Waals surface area (Å²) in [5.74, 6) is 1.17. The summed E-state index contributed by atoms with van der Waals surface area (Å²) < 4.78 is 34.8. The van der Waals surface area contributed by atoms with Gasteiger partial charge in [-0.15, -0.1) is 0 Å². The van der Waals surface area contributed by atoms with E-state index in [-0.39, 0.29) is 4.90 Å². The Labute approximate surface area is 158 Å². The lowest BCUT2D eigenvalue weighted by atomic mass is 9.83. The van der Waals surface area contributed by atoms with Crippen LogP contribution in [0.5, 0.6) is 0 Å². The van der Waals surface area contributed by atoms with Crippen LogP contribution in [0.3, 0.4) is 0 Å². The third-order valence-corrected chi connectivity index (χ3v) is 5.58. The number of fused-ring (bicyclic) bond motifs is 1. The highest BCUT2D eigenvalue weighted by atomic mass is 32.2. The second-order valence-electron chi connectivity index (χ2n) is 8.58. The zero-order chi connectivity index (χ0) is 19.6. The van der Waals surface area contributed by atoms with Crippen LogP contribution in [-0.2, 0) is 29.4 Å². The van der Waals surface area contributed by atoms with E-state index < -0.39 is 10.1 Å². The number of rotatable bonds is 7. The Morgan fingerprint density at radius 2 is 1.15 bits per heavy atom. The first-order chi connectivity index (χ1) is 12.0. The molecule has 2 aromatic carbocycles. The normalized spacial score (nSPS) is 12.7. The molecule has 0 atom stereocenters. The molecule has 0 saturated heterocycles. The molecule has 0 radical (unpaired) electrons. The molecule has 0 aliphatic carbocycles. The van der Waals surface area contributed by atoms with Crippen molar-refractivity contribution in [2.75, 3.05) is 0 Å². The van der Waals surface area contributed by atoms with Crippen molar-refractivity contribution in [3.05, 3.63) is 41.0 Å². The molecule has 26 heavy (non-hydrogen) atoms. The third-order valence-electron chi connectivity index (χ3n) is 4.59. The van der Waals surface area contributed by atoms with Crippen LogP contribution in [0.4, 0.5) is 0 Å². The van der Waals surface area contributed by atoms with Crippen molar-refractivity contribution in [2.24, 2.45) is 17.8 Å². The van der Waals surface area contributed by atoms with Crippen molar-refractivity contribution in [1.29, 1.82) is 0 Å². The third kappa shape index (κ3) is 4.66. The molecule has 1 N–H and O–H groups in total. The van der Waals surface area contributed by atoms with Crippen LogP contribution in [-0.4, -0.2) is 13.0 Å². The van der Waals surface area contributed by atoms with Crippen molar-refractivity contribution in [2.45, 2.75) is 65.7 Å². The van der Waals surface area contributed by atoms with Gasteiger partial charge in [-0.1, -0.05) is 65.8 Å². The number of hydrogen-bond acceptors (Lipinski definition) is 2. The lowest BCUT2D eigenvalue weighted by molar-refractivity contribution is 0.481. The molecule has 0 heterocycles. The molecule has 3 nitrogen and oxygen atoms in total. The van der Waals surface area contributed by atoms with Crippen LogP contribution in [0.2, 0.25) is 0 Å². The van der Waals surface area contributed by atoms with Gasteiger partial charge in [-0.2, -0.15) is 8.42 Å². The summed E-state index contributed by atoms with van der Waals surface area (Å²) in [4.78, 5) is 0.116. The SMILES string of the molecule is CC(C)Cc1c(CC(C)C)c(S(=O)(=O)O)c2ccccc2c1CC(C)C. The Bertz CT molecular complexity index is 878. The van der Waals surface area contributed by atoms with E-state index in [0.29, 0.717) is 29.6 Å². The molecule has 0 fully saturated rings. The van der Waals surface area contributed by atoms with E-state index in [0.717, 1.165) is 29.4 Å². The fourth-order valence-corrected chi connectivity index (χ4v) is 4.78. The van der Waals surface area contributed by atoms with Gasteiger partial charge in [0.1, 0.15) is 4.90 Å². The second-order valence-corrected chi connectivity index (χ2v) is 9.94. The molecule has 0 saturated carbocycles. The summed E-state index contributed by atoms with van der Waals surface area (Å²) in [6.07, 6.45) is 2.37. The van der Waals surface area contributed by atoms with E-state index in [9.17, 15) is 13.0 Å². The van der Waals surface area contributed by atoms with Crippen LogP contribution < -0.4 is 0 Å². The zero-order valence-electron chi connectivity index (χ0n) is 16.8. The second kappa shape index (κ2) is 8.10. The van der Waals surface area contributed by atoms with Crippen molar-refractivity contribution < 1.29 is 13.0 Å². The molecule has 144 valence electrons. The smallest absolute Gasteiger partial charge is 0.282 e. The highest BCUT2D eigenvalue weighted by Crippen LogP contribution is 2.37. The predicted molar refractivity (Wildman–Crippen MR) is 109 cm³/mol. The van der Waals surface area contributed by atoms with Gasteiger partial charge in [0.15, 0.2) is 0 Å². The fourth-order valence-electron chi connectivity index (χ4n) is 3.80. The molecular formula is C22H32O3S. The van der Waals surface area contributed by atoms with E-state index in [2.05, 4.69) is 41.5 Å². The minimum Gasteiger partial charge on any atom is -0.282 e. The van der Waals surface area contributed by atoms with Crippen LogP contribution >= 0.6 is 0 Å². The molecule has 2 aromatic rings. The molecule has 0 unspecified atom stereocenters. The van der Waals surface area contributed by atoms with Crippen LogP contribution in [0, 0.1) is 17.8 Å². The molecule has 2 rings (SSSR count). The van der Waals surface area contributed by atoms with E-state index in [4.69, 9.17) is 0 Å². The van der Waals surface area contributed by atoms with E-state index >= 15 is 0 Å². The van der Waals surface area contributed by atoms with Crippen molar-refractivity contribution in [3.63, 3.8) is 0 Å². The van der Waals surface area contributed by atoms with Crippen LogP contribution in [0.15, 0.2) is 29.2 Å². The summed E-state index contributed by atoms with van der Waals surface area (Å²) in [5.41, 5.74) is 3.17. The van der Waals surface area contributed by atoms with Crippen molar-refractivity contribution >= 4 is 20.9 Å². The molecule has 0 spiro atoms. The Hall–Kier alpha value is -1.39. The quantitative estimate of drug-likeness (QED) is 0.632. The Kier molecular flexibility index (Phi) is 6.51. The van der Waals surface area contributed by atoms with Gasteiger partial charge in [0, 0.05) is 5.39 Å². The average molecular weight is 377 g/mol. The van der Waals surface area contributed by atoms with Gasteiger partial charge in [-0.05, 0) is 59.1 Å². The molecule has 0 aliphatic rings. The molecule has 0 bridgehead atoms. The first-order valence-corrected chi connectivity index (χ1v) is 11.0. The Morgan fingerprint density at radius 1 is 0.731 bits per heavy atom. The lowest BCUT2D eigenvalue weighted by Gasteiger charge is -2.24. The standard InChI is InChI=1S/C22H32O3S/c1-14(2)11-19-17-9-7-8-10-18(17)22(26(23,24)25)21(13-16(5)6)20(19)12-15(3)4/h7-10,14-16H,11-13H2,1-6H3,(H,23,24,25). The summed E-state index contributed by atoms with van der Waals surface area (Å²) in [6, 6.07) is 7.61. The van der Waals surface area contributed by atoms with Gasteiger partial charge in [-0.25, -0.2) is 0 Å². The maximum absolute atomic E-state index is 12.4. The maximum atomic E-state index is 12.4.